The van der Waals surface area contributed by atoms with Crippen molar-refractivity contribution in [3.05, 3.63) is 0 Å². The van der Waals surface area contributed by atoms with Crippen LogP contribution >= 0.6 is 0 Å². The Morgan fingerprint density at radius 2 is 1.78 bits per heavy atom. The molecule has 1 rings (SSSR count). The first-order valence-corrected chi connectivity index (χ1v) is 8.17. The smallest absolute Gasteiger partial charge is 0.0331 e. The Bertz CT molecular complexity index is 207. The summed E-state index contributed by atoms with van der Waals surface area (Å²) < 4.78 is 0. The van der Waals surface area contributed by atoms with Crippen LogP contribution in [0, 0.1) is 5.92 Å². The predicted octanol–water partition coefficient (Wildman–Crippen LogP) is 3.80. The van der Waals surface area contributed by atoms with Gasteiger partial charge in [0.1, 0.15) is 0 Å². The maximum Gasteiger partial charge on any atom is 0.0331 e. The molecule has 0 spiro atoms. The third-order valence-corrected chi connectivity index (χ3v) is 4.95. The minimum absolute atomic E-state index is 0.328. The van der Waals surface area contributed by atoms with Crippen molar-refractivity contribution in [3.8, 4) is 0 Å². The Morgan fingerprint density at radius 1 is 1.11 bits per heavy atom. The number of nitrogens with two attached hydrogens (primary N) is 1. The van der Waals surface area contributed by atoms with Crippen LogP contribution in [0.5, 0.6) is 0 Å². The molecule has 0 bridgehead atoms. The van der Waals surface area contributed by atoms with E-state index in [1.807, 2.05) is 0 Å². The highest BCUT2D eigenvalue weighted by molar-refractivity contribution is 4.95. The lowest BCUT2D eigenvalue weighted by Crippen LogP contribution is -2.56. The fourth-order valence-corrected chi connectivity index (χ4v) is 3.64. The van der Waals surface area contributed by atoms with Gasteiger partial charge in [0.15, 0.2) is 0 Å². The molecule has 18 heavy (non-hydrogen) atoms. The second-order valence-electron chi connectivity index (χ2n) is 6.09. The molecule has 0 radical (unpaired) electrons. The third kappa shape index (κ3) is 3.96. The first-order valence-electron chi connectivity index (χ1n) is 8.17. The van der Waals surface area contributed by atoms with E-state index in [-0.39, 0.29) is 0 Å². The van der Waals surface area contributed by atoms with Crippen LogP contribution in [0.4, 0.5) is 0 Å². The topological polar surface area (TPSA) is 29.3 Å². The summed E-state index contributed by atoms with van der Waals surface area (Å²) in [4.78, 5) is 2.68. The van der Waals surface area contributed by atoms with Gasteiger partial charge >= 0.3 is 0 Å². The zero-order valence-electron chi connectivity index (χ0n) is 12.9. The van der Waals surface area contributed by atoms with Crippen molar-refractivity contribution in [2.24, 2.45) is 11.7 Å². The molecule has 1 aliphatic rings. The van der Waals surface area contributed by atoms with Crippen molar-refractivity contribution in [3.63, 3.8) is 0 Å². The molecule has 1 aliphatic carbocycles. The Balaban J connectivity index is 2.57. The minimum atomic E-state index is 0.328. The van der Waals surface area contributed by atoms with Gasteiger partial charge in [-0.1, -0.05) is 40.0 Å². The molecule has 2 heteroatoms. The molecule has 0 saturated heterocycles. The van der Waals surface area contributed by atoms with Gasteiger partial charge in [0.2, 0.25) is 0 Å². The van der Waals surface area contributed by atoms with E-state index in [9.17, 15) is 0 Å². The average molecular weight is 254 g/mol. The van der Waals surface area contributed by atoms with Crippen LogP contribution < -0.4 is 5.73 Å². The highest BCUT2D eigenvalue weighted by atomic mass is 15.2. The zero-order valence-corrected chi connectivity index (χ0v) is 12.9. The molecular weight excluding hydrogens is 220 g/mol. The second-order valence-corrected chi connectivity index (χ2v) is 6.09. The van der Waals surface area contributed by atoms with E-state index >= 15 is 0 Å². The number of unbranched alkanes of at least 4 members (excludes halogenated alkanes) is 1. The van der Waals surface area contributed by atoms with E-state index in [0.29, 0.717) is 5.54 Å². The van der Waals surface area contributed by atoms with E-state index in [1.165, 1.54) is 57.9 Å². The van der Waals surface area contributed by atoms with E-state index in [2.05, 4.69) is 25.7 Å². The molecule has 0 aromatic rings. The molecule has 0 aromatic carbocycles. The van der Waals surface area contributed by atoms with Crippen molar-refractivity contribution >= 4 is 0 Å². The van der Waals surface area contributed by atoms with E-state index in [1.54, 1.807) is 0 Å². The number of rotatable bonds is 8. The van der Waals surface area contributed by atoms with Crippen molar-refractivity contribution in [1.82, 2.24) is 4.90 Å². The summed E-state index contributed by atoms with van der Waals surface area (Å²) in [6.07, 6.45) is 10.8. The van der Waals surface area contributed by atoms with Gasteiger partial charge in [-0.05, 0) is 51.1 Å². The van der Waals surface area contributed by atoms with Gasteiger partial charge in [-0.2, -0.15) is 0 Å². The number of hydrogen-bond acceptors (Lipinski definition) is 2. The maximum atomic E-state index is 6.16. The number of hydrogen-bond donors (Lipinski definition) is 1. The normalized spacial score (nSPS) is 28.8. The summed E-state index contributed by atoms with van der Waals surface area (Å²) in [6.45, 7) is 10.1. The zero-order chi connectivity index (χ0) is 13.4. The fraction of sp³-hybridized carbons (Fsp3) is 1.00. The molecule has 0 atom stereocenters. The highest BCUT2D eigenvalue weighted by Gasteiger charge is 2.37. The minimum Gasteiger partial charge on any atom is -0.329 e. The lowest BCUT2D eigenvalue weighted by molar-refractivity contribution is 0.0439. The molecular formula is C16H34N2. The van der Waals surface area contributed by atoms with Crippen LogP contribution in [-0.4, -0.2) is 30.1 Å². The summed E-state index contributed by atoms with van der Waals surface area (Å²) in [7, 11) is 0. The first-order chi connectivity index (χ1) is 8.72. The van der Waals surface area contributed by atoms with Gasteiger partial charge in [-0.25, -0.2) is 0 Å². The Kier molecular flexibility index (Phi) is 7.25. The maximum absolute atomic E-state index is 6.16. The standard InChI is InChI=1S/C16H34N2/c1-4-7-13-18(6-3)16(14-17)11-9-15(8-5-2)10-12-16/h15H,4-14,17H2,1-3H3. The summed E-state index contributed by atoms with van der Waals surface area (Å²) in [5.74, 6) is 0.972. The largest absolute Gasteiger partial charge is 0.329 e. The molecule has 0 aliphatic heterocycles. The Hall–Kier alpha value is -0.0800. The van der Waals surface area contributed by atoms with Gasteiger partial charge < -0.3 is 5.73 Å². The molecule has 108 valence electrons. The molecule has 0 heterocycles. The summed E-state index contributed by atoms with van der Waals surface area (Å²) in [6, 6.07) is 0. The molecule has 2 N–H and O–H groups in total. The summed E-state index contributed by atoms with van der Waals surface area (Å²) >= 11 is 0. The lowest BCUT2D eigenvalue weighted by atomic mass is 9.74. The Labute approximate surface area is 114 Å². The monoisotopic (exact) mass is 254 g/mol. The van der Waals surface area contributed by atoms with Crippen LogP contribution in [0.3, 0.4) is 0 Å². The lowest BCUT2D eigenvalue weighted by Gasteiger charge is -2.47. The van der Waals surface area contributed by atoms with Crippen LogP contribution in [0.25, 0.3) is 0 Å². The number of nitrogens with zero attached hydrogens (tertiary/aromatic N) is 1. The quantitative estimate of drug-likeness (QED) is 0.714. The highest BCUT2D eigenvalue weighted by Crippen LogP contribution is 2.37. The van der Waals surface area contributed by atoms with Gasteiger partial charge in [-0.15, -0.1) is 0 Å². The number of likely N-dealkylation sites (N-methyl/N-ethyl adjacent to an activating group) is 1. The molecule has 1 fully saturated rings. The van der Waals surface area contributed by atoms with Crippen LogP contribution in [0.2, 0.25) is 0 Å². The molecule has 1 saturated carbocycles. The first kappa shape index (κ1) is 16.0. The van der Waals surface area contributed by atoms with Gasteiger partial charge in [0, 0.05) is 12.1 Å². The van der Waals surface area contributed by atoms with E-state index in [4.69, 9.17) is 5.73 Å². The second kappa shape index (κ2) is 8.16. The molecule has 0 aromatic heterocycles. The van der Waals surface area contributed by atoms with Gasteiger partial charge in [-0.3, -0.25) is 4.90 Å². The SMILES string of the molecule is CCCCN(CC)C1(CN)CCC(CCC)CC1. The fourth-order valence-electron chi connectivity index (χ4n) is 3.64. The molecule has 0 amide bonds. The Morgan fingerprint density at radius 3 is 2.22 bits per heavy atom. The van der Waals surface area contributed by atoms with Gasteiger partial charge in [0.25, 0.3) is 0 Å². The van der Waals surface area contributed by atoms with Crippen LogP contribution in [0.1, 0.15) is 72.1 Å². The van der Waals surface area contributed by atoms with Crippen molar-refractivity contribution in [2.45, 2.75) is 77.7 Å². The predicted molar refractivity (Wildman–Crippen MR) is 80.8 cm³/mol. The van der Waals surface area contributed by atoms with Crippen molar-refractivity contribution in [1.29, 1.82) is 0 Å². The van der Waals surface area contributed by atoms with Crippen molar-refractivity contribution in [2.75, 3.05) is 19.6 Å². The third-order valence-electron chi connectivity index (χ3n) is 4.95. The van der Waals surface area contributed by atoms with Gasteiger partial charge in [0.05, 0.1) is 0 Å². The summed E-state index contributed by atoms with van der Waals surface area (Å²) in [5, 5.41) is 0. The van der Waals surface area contributed by atoms with E-state index < -0.39 is 0 Å². The van der Waals surface area contributed by atoms with Crippen LogP contribution in [0.15, 0.2) is 0 Å². The van der Waals surface area contributed by atoms with Crippen LogP contribution in [-0.2, 0) is 0 Å². The van der Waals surface area contributed by atoms with Crippen molar-refractivity contribution < 1.29 is 0 Å². The molecule has 0 unspecified atom stereocenters. The van der Waals surface area contributed by atoms with E-state index in [0.717, 1.165) is 19.0 Å². The summed E-state index contributed by atoms with van der Waals surface area (Å²) in [5.41, 5.74) is 6.49. The average Bonchev–Trinajstić information content (AvgIpc) is 2.42. The molecule has 2 nitrogen and oxygen atoms in total.